The Morgan fingerprint density at radius 2 is 1.50 bits per heavy atom. The smallest absolute Gasteiger partial charge is 0.389 e. The third-order valence-electron chi connectivity index (χ3n) is 5.47. The minimum atomic E-state index is -4.21. The van der Waals surface area contributed by atoms with Crippen molar-refractivity contribution in [2.24, 2.45) is 0 Å². The highest BCUT2D eigenvalue weighted by Crippen LogP contribution is 2.43. The molecule has 0 amide bonds. The first-order chi connectivity index (χ1) is 12.7. The molecule has 3 nitrogen and oxygen atoms in total. The van der Waals surface area contributed by atoms with Gasteiger partial charge >= 0.3 is 6.18 Å². The monoisotopic (exact) mass is 472 g/mol. The Balaban J connectivity index is 0.00000420. The number of nitrogens with one attached hydrogen (secondary N) is 1. The average molecular weight is 473 g/mol. The lowest BCUT2D eigenvalue weighted by molar-refractivity contribution is -0.138. The minimum absolute atomic E-state index is 0. The summed E-state index contributed by atoms with van der Waals surface area (Å²) >= 11 is 0. The Kier molecular flexibility index (Phi) is 10.5. The SMILES string of the molecule is CC(C)(C)c1cc([C@@H](CCC(F)(F)F)N2CCNCC2)c(O)c(C(C)(C)C)c1.Cl.Cl. The second kappa shape index (κ2) is 10.8. The van der Waals surface area contributed by atoms with E-state index in [0.717, 1.165) is 24.2 Å². The highest BCUT2D eigenvalue weighted by molar-refractivity contribution is 5.85. The summed E-state index contributed by atoms with van der Waals surface area (Å²) in [6, 6.07) is 3.48. The topological polar surface area (TPSA) is 35.5 Å². The first kappa shape index (κ1) is 29.3. The second-order valence-electron chi connectivity index (χ2n) is 9.92. The van der Waals surface area contributed by atoms with E-state index in [0.29, 0.717) is 18.7 Å². The van der Waals surface area contributed by atoms with Crippen molar-refractivity contribution >= 4 is 24.8 Å². The second-order valence-corrected chi connectivity index (χ2v) is 9.92. The lowest BCUT2D eigenvalue weighted by Gasteiger charge is -2.37. The largest absolute Gasteiger partial charge is 0.507 e. The molecular weight excluding hydrogens is 436 g/mol. The van der Waals surface area contributed by atoms with Crippen molar-refractivity contribution in [1.82, 2.24) is 10.2 Å². The van der Waals surface area contributed by atoms with Gasteiger partial charge < -0.3 is 10.4 Å². The lowest BCUT2D eigenvalue weighted by atomic mass is 9.77. The van der Waals surface area contributed by atoms with Crippen LogP contribution in [0.2, 0.25) is 0 Å². The van der Waals surface area contributed by atoms with Crippen molar-refractivity contribution in [2.45, 2.75) is 77.4 Å². The molecule has 2 N–H and O–H groups in total. The van der Waals surface area contributed by atoms with Crippen molar-refractivity contribution in [1.29, 1.82) is 0 Å². The van der Waals surface area contributed by atoms with Crippen LogP contribution in [0, 0.1) is 0 Å². The molecule has 0 bridgehead atoms. The van der Waals surface area contributed by atoms with Gasteiger partial charge in [0, 0.05) is 44.2 Å². The van der Waals surface area contributed by atoms with E-state index >= 15 is 0 Å². The highest BCUT2D eigenvalue weighted by atomic mass is 35.5. The summed E-state index contributed by atoms with van der Waals surface area (Å²) in [4.78, 5) is 2.08. The molecule has 8 heteroatoms. The summed E-state index contributed by atoms with van der Waals surface area (Å²) in [5, 5.41) is 14.4. The average Bonchev–Trinajstić information content (AvgIpc) is 2.54. The van der Waals surface area contributed by atoms with E-state index in [2.05, 4.69) is 31.0 Å². The first-order valence-corrected chi connectivity index (χ1v) is 10.1. The molecule has 0 aromatic heterocycles. The van der Waals surface area contributed by atoms with Crippen LogP contribution in [0.1, 0.15) is 77.1 Å². The molecule has 1 aliphatic rings. The molecule has 1 fully saturated rings. The van der Waals surface area contributed by atoms with E-state index in [1.54, 1.807) is 0 Å². The predicted molar refractivity (Wildman–Crippen MR) is 122 cm³/mol. The Morgan fingerprint density at radius 3 is 1.93 bits per heavy atom. The molecule has 0 radical (unpaired) electrons. The molecule has 0 saturated carbocycles. The fourth-order valence-corrected chi connectivity index (χ4v) is 3.74. The normalized spacial score (nSPS) is 17.1. The summed E-state index contributed by atoms with van der Waals surface area (Å²) in [6.07, 6.45) is -5.11. The first-order valence-electron chi connectivity index (χ1n) is 10.1. The summed E-state index contributed by atoms with van der Waals surface area (Å²) in [7, 11) is 0. The summed E-state index contributed by atoms with van der Waals surface area (Å²) in [5.41, 5.74) is 1.99. The number of alkyl halides is 3. The van der Waals surface area contributed by atoms with Gasteiger partial charge in [-0.3, -0.25) is 4.90 Å². The van der Waals surface area contributed by atoms with Gasteiger partial charge in [0.1, 0.15) is 5.75 Å². The van der Waals surface area contributed by atoms with E-state index in [1.807, 2.05) is 32.9 Å². The maximum Gasteiger partial charge on any atom is 0.389 e. The van der Waals surface area contributed by atoms with Gasteiger partial charge in [0.05, 0.1) is 0 Å². The molecule has 2 rings (SSSR count). The molecule has 176 valence electrons. The van der Waals surface area contributed by atoms with Gasteiger partial charge in [0.15, 0.2) is 0 Å². The molecule has 1 aromatic carbocycles. The van der Waals surface area contributed by atoms with Gasteiger partial charge in [-0.2, -0.15) is 13.2 Å². The van der Waals surface area contributed by atoms with Crippen LogP contribution in [0.4, 0.5) is 13.2 Å². The minimum Gasteiger partial charge on any atom is -0.507 e. The zero-order valence-corrected chi connectivity index (χ0v) is 20.5. The number of hydrogen-bond acceptors (Lipinski definition) is 3. The van der Waals surface area contributed by atoms with Crippen LogP contribution in [0.15, 0.2) is 12.1 Å². The Bertz CT molecular complexity index is 677. The molecule has 1 saturated heterocycles. The summed E-state index contributed by atoms with van der Waals surface area (Å²) in [5.74, 6) is 0.145. The molecule has 0 unspecified atom stereocenters. The van der Waals surface area contributed by atoms with Crippen molar-refractivity contribution in [3.8, 4) is 5.75 Å². The predicted octanol–water partition coefficient (Wildman–Crippen LogP) is 6.12. The Morgan fingerprint density at radius 1 is 0.967 bits per heavy atom. The van der Waals surface area contributed by atoms with Crippen molar-refractivity contribution in [3.63, 3.8) is 0 Å². The zero-order chi connectivity index (χ0) is 21.3. The maximum atomic E-state index is 13.0. The van der Waals surface area contributed by atoms with Gasteiger partial charge in [0.2, 0.25) is 0 Å². The fourth-order valence-electron chi connectivity index (χ4n) is 3.74. The van der Waals surface area contributed by atoms with E-state index in [4.69, 9.17) is 0 Å². The van der Waals surface area contributed by atoms with Crippen LogP contribution in [-0.4, -0.2) is 42.4 Å². The number of hydrogen-bond donors (Lipinski definition) is 2. The number of nitrogens with zero attached hydrogens (tertiary/aromatic N) is 1. The molecule has 1 aliphatic heterocycles. The van der Waals surface area contributed by atoms with E-state index < -0.39 is 18.6 Å². The molecule has 0 spiro atoms. The van der Waals surface area contributed by atoms with Crippen LogP contribution in [0.3, 0.4) is 0 Å². The van der Waals surface area contributed by atoms with Crippen LogP contribution in [0.25, 0.3) is 0 Å². The number of benzene rings is 1. The Labute approximate surface area is 191 Å². The van der Waals surface area contributed by atoms with Crippen LogP contribution < -0.4 is 5.32 Å². The van der Waals surface area contributed by atoms with E-state index in [1.165, 1.54) is 0 Å². The fraction of sp³-hybridized carbons (Fsp3) is 0.727. The maximum absolute atomic E-state index is 13.0. The van der Waals surface area contributed by atoms with Crippen LogP contribution >= 0.6 is 24.8 Å². The molecule has 30 heavy (non-hydrogen) atoms. The number of halogens is 5. The van der Waals surface area contributed by atoms with Crippen LogP contribution in [0.5, 0.6) is 5.75 Å². The third-order valence-corrected chi connectivity index (χ3v) is 5.47. The van der Waals surface area contributed by atoms with Crippen molar-refractivity contribution in [3.05, 3.63) is 28.8 Å². The molecule has 1 atom stereocenters. The van der Waals surface area contributed by atoms with Gasteiger partial charge in [-0.05, 0) is 34.4 Å². The number of piperazine rings is 1. The number of rotatable bonds is 4. The number of phenolic OH excluding ortho intramolecular Hbond substituents is 1. The van der Waals surface area contributed by atoms with E-state index in [-0.39, 0.29) is 47.8 Å². The molecule has 1 heterocycles. The van der Waals surface area contributed by atoms with Crippen molar-refractivity contribution in [2.75, 3.05) is 26.2 Å². The summed E-state index contributed by atoms with van der Waals surface area (Å²) in [6.45, 7) is 15.2. The molecule has 1 aromatic rings. The third kappa shape index (κ3) is 7.77. The highest BCUT2D eigenvalue weighted by Gasteiger charge is 2.34. The van der Waals surface area contributed by atoms with Crippen molar-refractivity contribution < 1.29 is 18.3 Å². The van der Waals surface area contributed by atoms with Gasteiger partial charge in [-0.1, -0.05) is 47.6 Å². The summed E-state index contributed by atoms with van der Waals surface area (Å²) < 4.78 is 39.1. The Hall–Kier alpha value is -0.690. The van der Waals surface area contributed by atoms with Gasteiger partial charge in [-0.25, -0.2) is 0 Å². The zero-order valence-electron chi connectivity index (χ0n) is 18.8. The standard InChI is InChI=1S/C22H35F3N2O.2ClH/c1-20(2,3)15-13-16(19(28)17(14-15)21(4,5)6)18(7-8-22(23,24)25)27-11-9-26-10-12-27;;/h13-14,18,26,28H,7-12H2,1-6H3;2*1H/t18-;;/m1../s1. The number of aromatic hydroxyl groups is 1. The van der Waals surface area contributed by atoms with E-state index in [9.17, 15) is 18.3 Å². The van der Waals surface area contributed by atoms with Gasteiger partial charge in [-0.15, -0.1) is 24.8 Å². The number of phenols is 1. The molecule has 0 aliphatic carbocycles. The molecular formula is C22H37Cl2F3N2O. The van der Waals surface area contributed by atoms with Gasteiger partial charge in [0.25, 0.3) is 0 Å². The lowest BCUT2D eigenvalue weighted by Crippen LogP contribution is -2.45. The van der Waals surface area contributed by atoms with Crippen LogP contribution in [-0.2, 0) is 10.8 Å². The quantitative estimate of drug-likeness (QED) is 0.553.